The first kappa shape index (κ1) is 14.6. The fraction of sp³-hybridized carbons (Fsp3) is 0.462. The van der Waals surface area contributed by atoms with E-state index < -0.39 is 0 Å². The number of hydrogen-bond acceptors (Lipinski definition) is 3. The molecule has 0 spiro atoms. The molecule has 1 unspecified atom stereocenters. The zero-order chi connectivity index (χ0) is 13.5. The van der Waals surface area contributed by atoms with E-state index in [0.717, 1.165) is 6.42 Å². The summed E-state index contributed by atoms with van der Waals surface area (Å²) < 4.78 is 10.2. The molecule has 0 saturated heterocycles. The van der Waals surface area contributed by atoms with Gasteiger partial charge in [0.2, 0.25) is 0 Å². The topological polar surface area (TPSA) is 47.6 Å². The summed E-state index contributed by atoms with van der Waals surface area (Å²) in [7, 11) is 3.09. The van der Waals surface area contributed by atoms with Gasteiger partial charge in [-0.25, -0.2) is 0 Å². The molecule has 1 N–H and O–H groups in total. The summed E-state index contributed by atoms with van der Waals surface area (Å²) in [6.45, 7) is 2.44. The summed E-state index contributed by atoms with van der Waals surface area (Å²) in [6, 6.07) is 5.06. The monoisotopic (exact) mass is 271 g/mol. The van der Waals surface area contributed by atoms with E-state index in [0.29, 0.717) is 23.6 Å². The highest BCUT2D eigenvalue weighted by atomic mass is 35.5. The minimum absolute atomic E-state index is 0.0464. The van der Waals surface area contributed by atoms with Crippen LogP contribution in [0.15, 0.2) is 18.2 Å². The van der Waals surface area contributed by atoms with Gasteiger partial charge in [-0.1, -0.05) is 0 Å². The third-order valence-corrected chi connectivity index (χ3v) is 2.66. The van der Waals surface area contributed by atoms with Crippen LogP contribution in [0.25, 0.3) is 0 Å². The lowest BCUT2D eigenvalue weighted by molar-refractivity contribution is 0.0952. The van der Waals surface area contributed by atoms with Crippen molar-refractivity contribution in [3.8, 4) is 11.5 Å². The average Bonchev–Trinajstić information content (AvgIpc) is 2.37. The number of carbonyl (C=O) groups excluding carboxylic acids is 1. The molecular formula is C13H18ClNO3. The van der Waals surface area contributed by atoms with Crippen molar-refractivity contribution in [2.75, 3.05) is 20.8 Å². The second-order valence-corrected chi connectivity index (χ2v) is 4.67. The number of nitrogens with one attached hydrogen (secondary N) is 1. The van der Waals surface area contributed by atoms with E-state index >= 15 is 0 Å². The van der Waals surface area contributed by atoms with Crippen molar-refractivity contribution in [1.82, 2.24) is 5.32 Å². The fourth-order valence-electron chi connectivity index (χ4n) is 1.43. The Balaban J connectivity index is 2.72. The Labute approximate surface area is 112 Å². The number of hydrogen-bond donors (Lipinski definition) is 1. The molecule has 0 aliphatic carbocycles. The fourth-order valence-corrected chi connectivity index (χ4v) is 1.53. The second-order valence-electron chi connectivity index (χ2n) is 3.93. The van der Waals surface area contributed by atoms with Gasteiger partial charge in [-0.2, -0.15) is 0 Å². The van der Waals surface area contributed by atoms with Crippen molar-refractivity contribution in [2.24, 2.45) is 0 Å². The van der Waals surface area contributed by atoms with Crippen LogP contribution < -0.4 is 14.8 Å². The van der Waals surface area contributed by atoms with Crippen molar-refractivity contribution in [3.63, 3.8) is 0 Å². The molecule has 0 radical (unpaired) electrons. The van der Waals surface area contributed by atoms with Crippen molar-refractivity contribution in [1.29, 1.82) is 0 Å². The molecule has 1 rings (SSSR count). The van der Waals surface area contributed by atoms with Crippen LogP contribution in [0.4, 0.5) is 0 Å². The molecule has 0 bridgehead atoms. The lowest BCUT2D eigenvalue weighted by Crippen LogP contribution is -2.25. The van der Waals surface area contributed by atoms with Crippen LogP contribution in [0.2, 0.25) is 0 Å². The molecule has 100 valence electrons. The van der Waals surface area contributed by atoms with Crippen LogP contribution >= 0.6 is 11.6 Å². The number of amides is 1. The average molecular weight is 272 g/mol. The maximum absolute atomic E-state index is 11.9. The highest BCUT2D eigenvalue weighted by Gasteiger charge is 2.09. The maximum Gasteiger partial charge on any atom is 0.251 e. The number of halogens is 1. The summed E-state index contributed by atoms with van der Waals surface area (Å²) in [5.74, 6) is 1.01. The minimum Gasteiger partial charge on any atom is -0.497 e. The second kappa shape index (κ2) is 7.11. The lowest BCUT2D eigenvalue weighted by Gasteiger charge is -2.09. The predicted molar refractivity (Wildman–Crippen MR) is 71.8 cm³/mol. The number of methoxy groups -OCH3 is 2. The zero-order valence-electron chi connectivity index (χ0n) is 10.8. The maximum atomic E-state index is 11.9. The van der Waals surface area contributed by atoms with Crippen molar-refractivity contribution < 1.29 is 14.3 Å². The molecule has 1 atom stereocenters. The standard InChI is InChI=1S/C13H18ClNO3/c1-9(14)4-5-15-13(16)10-6-11(17-2)8-12(7-10)18-3/h6-9H,4-5H2,1-3H3,(H,15,16). The normalized spacial score (nSPS) is 11.8. The van der Waals surface area contributed by atoms with Gasteiger partial charge in [0, 0.05) is 23.6 Å². The Bertz CT molecular complexity index is 385. The molecule has 4 nitrogen and oxygen atoms in total. The van der Waals surface area contributed by atoms with E-state index in [1.165, 1.54) is 0 Å². The highest BCUT2D eigenvalue weighted by Crippen LogP contribution is 2.22. The number of alkyl halides is 1. The molecule has 1 aromatic carbocycles. The van der Waals surface area contributed by atoms with Crippen molar-refractivity contribution in [3.05, 3.63) is 23.8 Å². The first-order chi connectivity index (χ1) is 8.56. The van der Waals surface area contributed by atoms with Gasteiger partial charge in [0.05, 0.1) is 14.2 Å². The highest BCUT2D eigenvalue weighted by molar-refractivity contribution is 6.20. The van der Waals surface area contributed by atoms with Crippen molar-refractivity contribution in [2.45, 2.75) is 18.7 Å². The molecule has 0 aliphatic rings. The first-order valence-electron chi connectivity index (χ1n) is 5.72. The molecule has 0 aromatic heterocycles. The van der Waals surface area contributed by atoms with Crippen LogP contribution in [0.5, 0.6) is 11.5 Å². The molecule has 5 heteroatoms. The first-order valence-corrected chi connectivity index (χ1v) is 6.15. The van der Waals surface area contributed by atoms with Gasteiger partial charge in [0.1, 0.15) is 11.5 Å². The van der Waals surface area contributed by atoms with Gasteiger partial charge in [0.25, 0.3) is 5.91 Å². The summed E-state index contributed by atoms with van der Waals surface area (Å²) in [6.07, 6.45) is 0.731. The number of carbonyl (C=O) groups is 1. The molecule has 0 fully saturated rings. The van der Waals surface area contributed by atoms with Gasteiger partial charge < -0.3 is 14.8 Å². The van der Waals surface area contributed by atoms with E-state index in [1.807, 2.05) is 6.92 Å². The molecule has 0 saturated carbocycles. The quantitative estimate of drug-likeness (QED) is 0.809. The summed E-state index contributed by atoms with van der Waals surface area (Å²) >= 11 is 5.81. The summed E-state index contributed by atoms with van der Waals surface area (Å²) in [5, 5.41) is 2.84. The largest absolute Gasteiger partial charge is 0.497 e. The van der Waals surface area contributed by atoms with Gasteiger partial charge >= 0.3 is 0 Å². The van der Waals surface area contributed by atoms with E-state index in [9.17, 15) is 4.79 Å². The molecular weight excluding hydrogens is 254 g/mol. The van der Waals surface area contributed by atoms with E-state index in [1.54, 1.807) is 32.4 Å². The molecule has 1 aromatic rings. The zero-order valence-corrected chi connectivity index (χ0v) is 11.6. The van der Waals surface area contributed by atoms with Gasteiger partial charge in [-0.3, -0.25) is 4.79 Å². The van der Waals surface area contributed by atoms with Crippen LogP contribution in [-0.2, 0) is 0 Å². The predicted octanol–water partition coefficient (Wildman–Crippen LogP) is 2.45. The van der Waals surface area contributed by atoms with Gasteiger partial charge in [-0.15, -0.1) is 11.6 Å². The number of rotatable bonds is 6. The van der Waals surface area contributed by atoms with Crippen molar-refractivity contribution >= 4 is 17.5 Å². The van der Waals surface area contributed by atoms with Crippen LogP contribution in [0.1, 0.15) is 23.7 Å². The van der Waals surface area contributed by atoms with Gasteiger partial charge in [-0.05, 0) is 25.5 Å². The van der Waals surface area contributed by atoms with Gasteiger partial charge in [0.15, 0.2) is 0 Å². The van der Waals surface area contributed by atoms with E-state index in [4.69, 9.17) is 21.1 Å². The molecule has 18 heavy (non-hydrogen) atoms. The number of ether oxygens (including phenoxy) is 2. The lowest BCUT2D eigenvalue weighted by atomic mass is 10.2. The Morgan fingerprint density at radius 3 is 2.28 bits per heavy atom. The Hall–Kier alpha value is -1.42. The Morgan fingerprint density at radius 1 is 1.28 bits per heavy atom. The minimum atomic E-state index is -0.162. The Kier molecular flexibility index (Phi) is 5.78. The van der Waals surface area contributed by atoms with E-state index in [2.05, 4.69) is 5.32 Å². The SMILES string of the molecule is COc1cc(OC)cc(C(=O)NCCC(C)Cl)c1. The third-order valence-electron chi connectivity index (χ3n) is 2.44. The third kappa shape index (κ3) is 4.45. The smallest absolute Gasteiger partial charge is 0.251 e. The number of benzene rings is 1. The molecule has 0 aliphatic heterocycles. The summed E-state index contributed by atoms with van der Waals surface area (Å²) in [5.41, 5.74) is 0.508. The van der Waals surface area contributed by atoms with E-state index in [-0.39, 0.29) is 11.3 Å². The molecule has 0 heterocycles. The Morgan fingerprint density at radius 2 is 1.83 bits per heavy atom. The van der Waals surface area contributed by atoms with Crippen LogP contribution in [0.3, 0.4) is 0 Å². The van der Waals surface area contributed by atoms with Crippen LogP contribution in [-0.4, -0.2) is 32.0 Å². The molecule has 1 amide bonds. The summed E-state index contributed by atoms with van der Waals surface area (Å²) in [4.78, 5) is 11.9. The van der Waals surface area contributed by atoms with Crippen LogP contribution in [0, 0.1) is 0 Å².